The lowest BCUT2D eigenvalue weighted by molar-refractivity contribution is -0.141. The minimum absolute atomic E-state index is 0.151. The number of ether oxygens (including phenoxy) is 1. The van der Waals surface area contributed by atoms with E-state index in [4.69, 9.17) is 15.1 Å². The second-order valence-corrected chi connectivity index (χ2v) is 10.2. The van der Waals surface area contributed by atoms with E-state index < -0.39 is 17.5 Å². The molecule has 0 aromatic carbocycles. The summed E-state index contributed by atoms with van der Waals surface area (Å²) in [7, 11) is 0. The molecule has 0 radical (unpaired) electrons. The molecule has 0 amide bonds. The Bertz CT molecular complexity index is 1620. The van der Waals surface area contributed by atoms with Crippen LogP contribution in [0.5, 0.6) is 5.88 Å². The maximum Gasteiger partial charge on any atom is 0.433 e. The average Bonchev–Trinajstić information content (AvgIpc) is 3.61. The fraction of sp³-hybridized carbons (Fsp3) is 0.407. The molecule has 4 aromatic heterocycles. The molecule has 1 saturated heterocycles. The summed E-state index contributed by atoms with van der Waals surface area (Å²) in [6, 6.07) is 7.89. The van der Waals surface area contributed by atoms with Crippen molar-refractivity contribution in [1.29, 1.82) is 10.5 Å². The van der Waals surface area contributed by atoms with Crippen molar-refractivity contribution in [3.63, 3.8) is 0 Å². The molecule has 1 saturated carbocycles. The molecular weight excluding hydrogens is 523 g/mol. The topological polar surface area (TPSA) is 132 Å². The third-order valence-corrected chi connectivity index (χ3v) is 7.79. The van der Waals surface area contributed by atoms with Crippen LogP contribution in [0, 0.1) is 28.6 Å². The highest BCUT2D eigenvalue weighted by molar-refractivity contribution is 5.89. The molecule has 0 unspecified atom stereocenters. The Kier molecular flexibility index (Phi) is 6.39. The molecule has 10 nitrogen and oxygen atoms in total. The van der Waals surface area contributed by atoms with Crippen molar-refractivity contribution in [3.05, 3.63) is 54.4 Å². The van der Waals surface area contributed by atoms with Gasteiger partial charge in [0.15, 0.2) is 0 Å². The number of aromatic amines is 1. The van der Waals surface area contributed by atoms with Crippen LogP contribution in [-0.2, 0) is 11.8 Å². The van der Waals surface area contributed by atoms with Gasteiger partial charge in [0.1, 0.15) is 29.4 Å². The van der Waals surface area contributed by atoms with E-state index in [0.29, 0.717) is 38.4 Å². The zero-order chi connectivity index (χ0) is 27.9. The molecule has 4 aromatic rings. The van der Waals surface area contributed by atoms with Gasteiger partial charge in [-0.15, -0.1) is 0 Å². The second-order valence-electron chi connectivity index (χ2n) is 10.2. The molecule has 0 spiro atoms. The fourth-order valence-electron chi connectivity index (χ4n) is 5.84. The molecular formula is C27H24F3N9O. The third-order valence-electron chi connectivity index (χ3n) is 7.79. The first kappa shape index (κ1) is 25.8. The van der Waals surface area contributed by atoms with E-state index in [2.05, 4.69) is 30.9 Å². The van der Waals surface area contributed by atoms with Gasteiger partial charge in [0.05, 0.1) is 29.6 Å². The number of fused-ring (bicyclic) bond motifs is 1. The molecule has 2 fully saturated rings. The van der Waals surface area contributed by atoms with Crippen molar-refractivity contribution in [2.24, 2.45) is 5.92 Å². The molecule has 1 aliphatic carbocycles. The maximum atomic E-state index is 13.2. The molecule has 2 aliphatic rings. The first-order valence-electron chi connectivity index (χ1n) is 12.9. The van der Waals surface area contributed by atoms with Gasteiger partial charge in [-0.2, -0.15) is 28.8 Å². The number of aromatic nitrogens is 6. The predicted molar refractivity (Wildman–Crippen MR) is 135 cm³/mol. The second kappa shape index (κ2) is 9.92. The molecule has 40 heavy (non-hydrogen) atoms. The highest BCUT2D eigenvalue weighted by atomic mass is 19.4. The number of piperidine rings is 1. The van der Waals surface area contributed by atoms with E-state index in [-0.39, 0.29) is 23.5 Å². The third kappa shape index (κ3) is 4.62. The lowest BCUT2D eigenvalue weighted by Gasteiger charge is -2.55. The number of rotatable bonds is 6. The van der Waals surface area contributed by atoms with Gasteiger partial charge in [0.2, 0.25) is 5.88 Å². The number of pyridine rings is 1. The van der Waals surface area contributed by atoms with Crippen molar-refractivity contribution < 1.29 is 17.9 Å². The Labute approximate surface area is 227 Å². The Morgan fingerprint density at radius 1 is 1.15 bits per heavy atom. The maximum absolute atomic E-state index is 13.2. The molecule has 0 atom stereocenters. The van der Waals surface area contributed by atoms with Gasteiger partial charge in [-0.3, -0.25) is 9.58 Å². The van der Waals surface area contributed by atoms with Gasteiger partial charge in [0, 0.05) is 48.9 Å². The summed E-state index contributed by atoms with van der Waals surface area (Å²) in [6.45, 7) is 1.25. The Balaban J connectivity index is 1.21. The van der Waals surface area contributed by atoms with E-state index in [1.807, 2.05) is 23.1 Å². The number of H-pyrrole nitrogens is 1. The van der Waals surface area contributed by atoms with Crippen LogP contribution in [0.2, 0.25) is 0 Å². The molecule has 6 rings (SSSR count). The molecule has 1 N–H and O–H groups in total. The normalized spacial score (nSPS) is 22.0. The molecule has 0 bridgehead atoms. The monoisotopic (exact) mass is 547 g/mol. The Hall–Kier alpha value is -4.49. The van der Waals surface area contributed by atoms with Gasteiger partial charge < -0.3 is 9.72 Å². The molecule has 5 heterocycles. The summed E-state index contributed by atoms with van der Waals surface area (Å²) in [5, 5.41) is 24.0. The van der Waals surface area contributed by atoms with E-state index >= 15 is 0 Å². The van der Waals surface area contributed by atoms with Crippen LogP contribution in [0.1, 0.15) is 43.4 Å². The van der Waals surface area contributed by atoms with Gasteiger partial charge in [-0.05, 0) is 43.7 Å². The summed E-state index contributed by atoms with van der Waals surface area (Å²) in [5.41, 5.74) is 0.657. The fourth-order valence-corrected chi connectivity index (χ4v) is 5.84. The number of likely N-dealkylation sites (tertiary alicyclic amines) is 1. The van der Waals surface area contributed by atoms with Crippen LogP contribution in [0.25, 0.3) is 22.3 Å². The molecule has 13 heteroatoms. The summed E-state index contributed by atoms with van der Waals surface area (Å²) < 4.78 is 47.5. The lowest BCUT2D eigenvalue weighted by atomic mass is 9.71. The Morgan fingerprint density at radius 2 is 1.95 bits per heavy atom. The summed E-state index contributed by atoms with van der Waals surface area (Å²) in [4.78, 5) is 17.7. The number of nitrogens with zero attached hydrogens (tertiary/aromatic N) is 8. The van der Waals surface area contributed by atoms with E-state index in [0.717, 1.165) is 35.1 Å². The first-order chi connectivity index (χ1) is 19.3. The van der Waals surface area contributed by atoms with Gasteiger partial charge in [-0.1, -0.05) is 0 Å². The lowest BCUT2D eigenvalue weighted by Crippen LogP contribution is -2.61. The van der Waals surface area contributed by atoms with Crippen LogP contribution in [0.15, 0.2) is 43.1 Å². The molecule has 1 aliphatic heterocycles. The minimum Gasteiger partial charge on any atom is -0.474 e. The number of hydrogen-bond donors (Lipinski definition) is 1. The number of alkyl halides is 3. The van der Waals surface area contributed by atoms with E-state index in [9.17, 15) is 18.4 Å². The summed E-state index contributed by atoms with van der Waals surface area (Å²) >= 11 is 0. The smallest absolute Gasteiger partial charge is 0.433 e. The van der Waals surface area contributed by atoms with Crippen molar-refractivity contribution >= 4 is 11.0 Å². The van der Waals surface area contributed by atoms with E-state index in [1.54, 1.807) is 12.3 Å². The largest absolute Gasteiger partial charge is 0.474 e. The highest BCUT2D eigenvalue weighted by Gasteiger charge is 2.51. The summed E-state index contributed by atoms with van der Waals surface area (Å²) in [6.07, 6.45) is 5.19. The standard InChI is InChI=1S/C27H24F3N9O/c28-27(29,30)22-9-18(13-32)10-23(37-22)40-20-3-7-38(8-4-20)26(11-17(12-26)1-5-31)39-15-19(14-36-39)24-21-2-6-33-25(21)35-16-34-24/h2,6,9-10,14-17,20H,1,3-4,7-8,11-12H2,(H,33,34,35). The predicted octanol–water partition coefficient (Wildman–Crippen LogP) is 4.63. The average molecular weight is 548 g/mol. The number of halogens is 3. The zero-order valence-electron chi connectivity index (χ0n) is 21.3. The van der Waals surface area contributed by atoms with Crippen LogP contribution < -0.4 is 4.74 Å². The van der Waals surface area contributed by atoms with Crippen molar-refractivity contribution in [3.8, 4) is 29.3 Å². The van der Waals surface area contributed by atoms with Crippen molar-refractivity contribution in [2.45, 2.75) is 50.0 Å². The first-order valence-corrected chi connectivity index (χ1v) is 12.9. The van der Waals surface area contributed by atoms with Crippen molar-refractivity contribution in [1.82, 2.24) is 34.6 Å². The number of hydrogen-bond acceptors (Lipinski definition) is 8. The quantitative estimate of drug-likeness (QED) is 0.370. The van der Waals surface area contributed by atoms with Crippen LogP contribution >= 0.6 is 0 Å². The van der Waals surface area contributed by atoms with Crippen molar-refractivity contribution in [2.75, 3.05) is 13.1 Å². The highest BCUT2D eigenvalue weighted by Crippen LogP contribution is 2.49. The number of nitrogens with one attached hydrogen (secondary N) is 1. The number of nitriles is 2. The minimum atomic E-state index is -4.67. The van der Waals surface area contributed by atoms with Gasteiger partial charge >= 0.3 is 6.18 Å². The molecule has 204 valence electrons. The van der Waals surface area contributed by atoms with Crippen LogP contribution in [0.3, 0.4) is 0 Å². The summed E-state index contributed by atoms with van der Waals surface area (Å²) in [5.74, 6) is 0.0515. The SMILES string of the molecule is N#CCC1CC(N2CCC(Oc3cc(C#N)cc(C(F)(F)F)n3)CC2)(n2cc(-c3ncnc4[nH]ccc34)cn2)C1. The van der Waals surface area contributed by atoms with Gasteiger partial charge in [-0.25, -0.2) is 15.0 Å². The van der Waals surface area contributed by atoms with Crippen LogP contribution in [0.4, 0.5) is 13.2 Å². The van der Waals surface area contributed by atoms with Gasteiger partial charge in [0.25, 0.3) is 0 Å². The van der Waals surface area contributed by atoms with E-state index in [1.165, 1.54) is 12.4 Å². The van der Waals surface area contributed by atoms with Crippen LogP contribution in [-0.4, -0.2) is 53.8 Å². The Morgan fingerprint density at radius 3 is 2.67 bits per heavy atom. The zero-order valence-corrected chi connectivity index (χ0v) is 21.3.